The van der Waals surface area contributed by atoms with Gasteiger partial charge >= 0.3 is 11.9 Å². The molecule has 1 aliphatic rings. The molecule has 8 nitrogen and oxygen atoms in total. The van der Waals surface area contributed by atoms with Crippen molar-refractivity contribution < 1.29 is 33.3 Å². The van der Waals surface area contributed by atoms with Crippen LogP contribution in [0.15, 0.2) is 23.8 Å². The molecule has 0 aliphatic carbocycles. The van der Waals surface area contributed by atoms with E-state index in [2.05, 4.69) is 5.32 Å². The highest BCUT2D eigenvalue weighted by atomic mass is 35.5. The van der Waals surface area contributed by atoms with Gasteiger partial charge in [0, 0.05) is 23.6 Å². The summed E-state index contributed by atoms with van der Waals surface area (Å²) in [6.07, 6.45) is 3.20. The van der Waals surface area contributed by atoms with Gasteiger partial charge in [0.05, 0.1) is 32.6 Å². The van der Waals surface area contributed by atoms with Gasteiger partial charge in [0.1, 0.15) is 17.4 Å². The highest BCUT2D eigenvalue weighted by molar-refractivity contribution is 6.34. The summed E-state index contributed by atoms with van der Waals surface area (Å²) in [5.41, 5.74) is 4.93. The van der Waals surface area contributed by atoms with Crippen LogP contribution in [-0.2, 0) is 22.6 Å². The van der Waals surface area contributed by atoms with E-state index in [9.17, 15) is 9.59 Å². The summed E-state index contributed by atoms with van der Waals surface area (Å²) in [7, 11) is 4.59. The molecule has 1 heterocycles. The van der Waals surface area contributed by atoms with Crippen molar-refractivity contribution in [2.24, 2.45) is 0 Å². The summed E-state index contributed by atoms with van der Waals surface area (Å²) in [4.78, 5) is 25.1. The summed E-state index contributed by atoms with van der Waals surface area (Å²) in [5, 5.41) is 3.59. The van der Waals surface area contributed by atoms with Gasteiger partial charge in [-0.2, -0.15) is 0 Å². The highest BCUT2D eigenvalue weighted by Crippen LogP contribution is 2.42. The molecule has 9 heteroatoms. The van der Waals surface area contributed by atoms with Crippen molar-refractivity contribution in [2.75, 3.05) is 26.6 Å². The lowest BCUT2D eigenvalue weighted by Crippen LogP contribution is -2.16. The maximum absolute atomic E-state index is 12.5. The van der Waals surface area contributed by atoms with Gasteiger partial charge in [-0.1, -0.05) is 23.3 Å². The van der Waals surface area contributed by atoms with E-state index in [4.69, 9.17) is 35.3 Å². The number of halogens is 1. The molecule has 0 bridgehead atoms. The molecule has 0 aromatic heterocycles. The number of fused-ring (bicyclic) bond motifs is 1. The molecule has 0 amide bonds. The maximum atomic E-state index is 12.5. The van der Waals surface area contributed by atoms with E-state index in [1.165, 1.54) is 14.2 Å². The molecule has 37 heavy (non-hydrogen) atoms. The molecule has 200 valence electrons. The average molecular weight is 532 g/mol. The van der Waals surface area contributed by atoms with Crippen LogP contribution in [0.1, 0.15) is 60.7 Å². The molecule has 0 saturated carbocycles. The van der Waals surface area contributed by atoms with E-state index in [1.807, 2.05) is 33.8 Å². The minimum Gasteiger partial charge on any atom is -0.496 e. The van der Waals surface area contributed by atoms with Crippen LogP contribution in [0.5, 0.6) is 23.0 Å². The molecular formula is C28H34ClNO7. The van der Waals surface area contributed by atoms with Crippen molar-refractivity contribution in [1.29, 1.82) is 0 Å². The number of allylic oxidation sites excluding steroid dienone is 2. The number of anilines is 1. The molecule has 0 fully saturated rings. The molecular weight excluding hydrogens is 498 g/mol. The molecule has 0 saturated heterocycles. The first-order valence-corrected chi connectivity index (χ1v) is 12.4. The summed E-state index contributed by atoms with van der Waals surface area (Å²) >= 11 is 6.32. The largest absolute Gasteiger partial charge is 0.496 e. The zero-order valence-corrected chi connectivity index (χ0v) is 23.1. The van der Waals surface area contributed by atoms with Gasteiger partial charge in [0.25, 0.3) is 0 Å². The van der Waals surface area contributed by atoms with Crippen molar-refractivity contribution in [1.82, 2.24) is 0 Å². The molecule has 0 radical (unpaired) electrons. The quantitative estimate of drug-likeness (QED) is 0.213. The van der Waals surface area contributed by atoms with Crippen molar-refractivity contribution in [2.45, 2.75) is 59.6 Å². The number of benzene rings is 2. The van der Waals surface area contributed by atoms with E-state index in [0.717, 1.165) is 33.7 Å². The molecule has 0 atom stereocenters. The number of cyclic esters (lactones) is 1. The minimum atomic E-state index is -0.419. The molecule has 2 aromatic rings. The van der Waals surface area contributed by atoms with Crippen LogP contribution >= 0.6 is 11.6 Å². The number of hydrogen-bond donors (Lipinski definition) is 1. The van der Waals surface area contributed by atoms with E-state index in [1.54, 1.807) is 19.2 Å². The fourth-order valence-electron chi connectivity index (χ4n) is 4.30. The van der Waals surface area contributed by atoms with Gasteiger partial charge in [-0.15, -0.1) is 0 Å². The number of carbonyl (C=O) groups is 2. The highest BCUT2D eigenvalue weighted by Gasteiger charge is 2.32. The third-order valence-corrected chi connectivity index (χ3v) is 6.52. The van der Waals surface area contributed by atoms with Crippen LogP contribution in [0, 0.1) is 6.92 Å². The van der Waals surface area contributed by atoms with Gasteiger partial charge in [-0.25, -0.2) is 4.79 Å². The van der Waals surface area contributed by atoms with Gasteiger partial charge in [-0.05, 0) is 58.2 Å². The lowest BCUT2D eigenvalue weighted by atomic mass is 9.93. The minimum absolute atomic E-state index is 0.104. The second-order valence-electron chi connectivity index (χ2n) is 9.08. The van der Waals surface area contributed by atoms with Crippen LogP contribution in [0.25, 0.3) is 0 Å². The Hall–Kier alpha value is -3.39. The number of nitrogens with one attached hydrogen (secondary N) is 1. The van der Waals surface area contributed by atoms with Gasteiger partial charge < -0.3 is 29.0 Å². The lowest BCUT2D eigenvalue weighted by molar-refractivity contribution is -0.134. The smallest absolute Gasteiger partial charge is 0.341 e. The van der Waals surface area contributed by atoms with Gasteiger partial charge in [0.15, 0.2) is 17.2 Å². The third kappa shape index (κ3) is 6.13. The predicted molar refractivity (Wildman–Crippen MR) is 142 cm³/mol. The van der Waals surface area contributed by atoms with Crippen molar-refractivity contribution in [3.63, 3.8) is 0 Å². The van der Waals surface area contributed by atoms with E-state index >= 15 is 0 Å². The molecule has 1 N–H and O–H groups in total. The van der Waals surface area contributed by atoms with Gasteiger partial charge in [0.2, 0.25) is 0 Å². The van der Waals surface area contributed by atoms with Crippen molar-refractivity contribution in [3.05, 3.63) is 51.1 Å². The number of esters is 2. The topological polar surface area (TPSA) is 92.3 Å². The molecule has 3 rings (SSSR count). The molecule has 0 unspecified atom stereocenters. The first kappa shape index (κ1) is 28.2. The van der Waals surface area contributed by atoms with Crippen LogP contribution in [-0.4, -0.2) is 39.3 Å². The number of carbonyl (C=O) groups excluding carboxylic acids is 2. The second-order valence-corrected chi connectivity index (χ2v) is 9.46. The first-order valence-electron chi connectivity index (χ1n) is 12.1. The lowest BCUT2D eigenvalue weighted by Gasteiger charge is -2.22. The Bertz CT molecular complexity index is 1220. The number of rotatable bonds is 11. The number of hydrogen-bond acceptors (Lipinski definition) is 8. The Kier molecular flexibility index (Phi) is 9.32. The zero-order chi connectivity index (χ0) is 27.3. The molecule has 2 aromatic carbocycles. The summed E-state index contributed by atoms with van der Waals surface area (Å²) < 4.78 is 27.0. The summed E-state index contributed by atoms with van der Waals surface area (Å²) in [6.45, 7) is 8.16. The van der Waals surface area contributed by atoms with Crippen molar-refractivity contribution in [3.8, 4) is 23.0 Å². The normalized spacial score (nSPS) is 12.8. The zero-order valence-electron chi connectivity index (χ0n) is 22.4. The Morgan fingerprint density at radius 2 is 1.78 bits per heavy atom. The fourth-order valence-corrected chi connectivity index (χ4v) is 4.57. The van der Waals surface area contributed by atoms with Crippen molar-refractivity contribution >= 4 is 29.2 Å². The fraction of sp³-hybridized carbons (Fsp3) is 0.429. The Balaban J connectivity index is 1.76. The maximum Gasteiger partial charge on any atom is 0.341 e. The van der Waals surface area contributed by atoms with Gasteiger partial charge in [-0.3, -0.25) is 4.79 Å². The molecule has 0 spiro atoms. The standard InChI is InChI=1S/C28H34ClNO7/c1-15(2)30-25-18(26(34-6)17(4)19-14-36-28(32)23(19)25)10-8-16(3)9-13-22(31)37-20-11-12-21(33-5)27(35-7)24(20)29/h8,11-12,15,30H,9-10,13-14H2,1-7H3. The Morgan fingerprint density at radius 1 is 1.11 bits per heavy atom. The first-order chi connectivity index (χ1) is 17.6. The van der Waals surface area contributed by atoms with Crippen LogP contribution < -0.4 is 24.3 Å². The Morgan fingerprint density at radius 3 is 2.41 bits per heavy atom. The summed E-state index contributed by atoms with van der Waals surface area (Å²) in [6, 6.07) is 3.30. The van der Waals surface area contributed by atoms with E-state index in [0.29, 0.717) is 29.9 Å². The van der Waals surface area contributed by atoms with Crippen LogP contribution in [0.4, 0.5) is 5.69 Å². The molecule has 1 aliphatic heterocycles. The SMILES string of the molecule is COc1ccc(OC(=O)CCC(C)=CCc2c(NC(C)C)c3c(c(C)c2OC)COC3=O)c(Cl)c1OC. The monoisotopic (exact) mass is 531 g/mol. The Labute approximate surface area is 222 Å². The predicted octanol–water partition coefficient (Wildman–Crippen LogP) is 6.04. The van der Waals surface area contributed by atoms with E-state index in [-0.39, 0.29) is 35.8 Å². The second kappa shape index (κ2) is 12.2. The number of methoxy groups -OCH3 is 3. The number of ether oxygens (including phenoxy) is 5. The third-order valence-electron chi connectivity index (χ3n) is 6.16. The van der Waals surface area contributed by atoms with Crippen LogP contribution in [0.3, 0.4) is 0 Å². The summed E-state index contributed by atoms with van der Waals surface area (Å²) in [5.74, 6) is 0.939. The van der Waals surface area contributed by atoms with Crippen LogP contribution in [0.2, 0.25) is 5.02 Å². The average Bonchev–Trinajstić information content (AvgIpc) is 3.25. The van der Waals surface area contributed by atoms with E-state index < -0.39 is 5.97 Å².